The van der Waals surface area contributed by atoms with Gasteiger partial charge < -0.3 is 15.5 Å². The first-order valence-electron chi connectivity index (χ1n) is 6.32. The Morgan fingerprint density at radius 3 is 2.27 bits per heavy atom. The van der Waals surface area contributed by atoms with Crippen molar-refractivity contribution in [2.75, 3.05) is 6.54 Å². The van der Waals surface area contributed by atoms with Gasteiger partial charge in [0.2, 0.25) is 0 Å². The van der Waals surface area contributed by atoms with Crippen LogP contribution in [0.1, 0.15) is 51.9 Å². The van der Waals surface area contributed by atoms with E-state index in [1.54, 1.807) is 0 Å². The third kappa shape index (κ3) is 5.50. The van der Waals surface area contributed by atoms with Gasteiger partial charge in [0.15, 0.2) is 0 Å². The molecule has 0 radical (unpaired) electrons. The zero-order valence-corrected chi connectivity index (χ0v) is 9.78. The molecule has 0 amide bonds. The number of nitrogens with one attached hydrogen (secondary N) is 1. The Labute approximate surface area is 92.9 Å². The molecule has 0 heterocycles. The van der Waals surface area contributed by atoms with Crippen LogP contribution in [0.3, 0.4) is 0 Å². The number of rotatable bonds is 6. The van der Waals surface area contributed by atoms with Gasteiger partial charge in [-0.05, 0) is 32.2 Å². The molecular weight excluding hydrogens is 190 g/mol. The standard InChI is InChI=1S/C12H25NO2/c1-2-3-4-5-6-13-10-7-11(14)9-12(15)8-10/h10-15H,2-9H2,1H3. The van der Waals surface area contributed by atoms with Crippen molar-refractivity contribution in [2.45, 2.75) is 70.1 Å². The van der Waals surface area contributed by atoms with Crippen molar-refractivity contribution < 1.29 is 10.2 Å². The number of hydrogen-bond acceptors (Lipinski definition) is 3. The van der Waals surface area contributed by atoms with Gasteiger partial charge in [-0.15, -0.1) is 0 Å². The Hall–Kier alpha value is -0.120. The molecule has 0 spiro atoms. The van der Waals surface area contributed by atoms with Crippen LogP contribution in [-0.2, 0) is 0 Å². The Bertz CT molecular complexity index is 154. The molecule has 1 aliphatic rings. The summed E-state index contributed by atoms with van der Waals surface area (Å²) >= 11 is 0. The predicted molar refractivity (Wildman–Crippen MR) is 61.8 cm³/mol. The number of aliphatic hydroxyl groups excluding tert-OH is 2. The van der Waals surface area contributed by atoms with E-state index in [4.69, 9.17) is 0 Å². The van der Waals surface area contributed by atoms with E-state index in [1.165, 1.54) is 25.7 Å². The highest BCUT2D eigenvalue weighted by molar-refractivity contribution is 4.82. The predicted octanol–water partition coefficient (Wildman–Crippen LogP) is 1.43. The summed E-state index contributed by atoms with van der Waals surface area (Å²) in [6.45, 7) is 3.23. The molecule has 15 heavy (non-hydrogen) atoms. The Morgan fingerprint density at radius 1 is 1.00 bits per heavy atom. The molecule has 3 nitrogen and oxygen atoms in total. The lowest BCUT2D eigenvalue weighted by molar-refractivity contribution is 0.0251. The maximum absolute atomic E-state index is 9.49. The smallest absolute Gasteiger partial charge is 0.0579 e. The molecule has 2 atom stereocenters. The third-order valence-electron chi connectivity index (χ3n) is 3.12. The minimum absolute atomic E-state index is 0.311. The van der Waals surface area contributed by atoms with E-state index in [1.807, 2.05) is 0 Å². The van der Waals surface area contributed by atoms with E-state index < -0.39 is 0 Å². The first-order chi connectivity index (χ1) is 7.22. The first kappa shape index (κ1) is 12.9. The molecule has 1 rings (SSSR count). The quantitative estimate of drug-likeness (QED) is 0.588. The van der Waals surface area contributed by atoms with Crippen molar-refractivity contribution in [3.63, 3.8) is 0 Å². The summed E-state index contributed by atoms with van der Waals surface area (Å²) in [4.78, 5) is 0. The third-order valence-corrected chi connectivity index (χ3v) is 3.12. The van der Waals surface area contributed by atoms with E-state index in [-0.39, 0.29) is 12.2 Å². The highest BCUT2D eigenvalue weighted by Gasteiger charge is 2.25. The average Bonchev–Trinajstić information content (AvgIpc) is 2.16. The Balaban J connectivity index is 2.04. The van der Waals surface area contributed by atoms with E-state index in [2.05, 4.69) is 12.2 Å². The normalized spacial score (nSPS) is 31.8. The van der Waals surface area contributed by atoms with Gasteiger partial charge in [0.25, 0.3) is 0 Å². The second-order valence-corrected chi connectivity index (χ2v) is 4.73. The van der Waals surface area contributed by atoms with Crippen LogP contribution in [0.25, 0.3) is 0 Å². The second kappa shape index (κ2) is 7.20. The molecule has 3 N–H and O–H groups in total. The summed E-state index contributed by atoms with van der Waals surface area (Å²) in [7, 11) is 0. The molecule has 1 saturated carbocycles. The van der Waals surface area contributed by atoms with Gasteiger partial charge in [-0.1, -0.05) is 26.2 Å². The van der Waals surface area contributed by atoms with E-state index in [0.717, 1.165) is 19.4 Å². The van der Waals surface area contributed by atoms with Crippen molar-refractivity contribution >= 4 is 0 Å². The van der Waals surface area contributed by atoms with Gasteiger partial charge >= 0.3 is 0 Å². The lowest BCUT2D eigenvalue weighted by Crippen LogP contribution is -2.41. The van der Waals surface area contributed by atoms with Crippen molar-refractivity contribution in [2.24, 2.45) is 0 Å². The summed E-state index contributed by atoms with van der Waals surface area (Å²) in [6, 6.07) is 0.311. The van der Waals surface area contributed by atoms with Crippen molar-refractivity contribution in [1.29, 1.82) is 0 Å². The van der Waals surface area contributed by atoms with Gasteiger partial charge in [-0.3, -0.25) is 0 Å². The van der Waals surface area contributed by atoms with Crippen LogP contribution in [-0.4, -0.2) is 35.0 Å². The summed E-state index contributed by atoms with van der Waals surface area (Å²) in [5, 5.41) is 22.4. The van der Waals surface area contributed by atoms with Gasteiger partial charge in [-0.2, -0.15) is 0 Å². The zero-order valence-electron chi connectivity index (χ0n) is 9.78. The lowest BCUT2D eigenvalue weighted by Gasteiger charge is -2.30. The lowest BCUT2D eigenvalue weighted by atomic mass is 9.90. The summed E-state index contributed by atoms with van der Waals surface area (Å²) in [5.74, 6) is 0. The van der Waals surface area contributed by atoms with Crippen molar-refractivity contribution in [1.82, 2.24) is 5.32 Å². The van der Waals surface area contributed by atoms with Crippen LogP contribution in [0.4, 0.5) is 0 Å². The van der Waals surface area contributed by atoms with E-state index in [0.29, 0.717) is 12.5 Å². The molecule has 0 aromatic rings. The van der Waals surface area contributed by atoms with Crippen molar-refractivity contribution in [3.8, 4) is 0 Å². The summed E-state index contributed by atoms with van der Waals surface area (Å²) in [5.41, 5.74) is 0. The van der Waals surface area contributed by atoms with Gasteiger partial charge in [0, 0.05) is 6.04 Å². The monoisotopic (exact) mass is 215 g/mol. The summed E-state index contributed by atoms with van der Waals surface area (Å²) in [6.07, 6.45) is 6.56. The second-order valence-electron chi connectivity index (χ2n) is 4.73. The molecule has 0 saturated heterocycles. The van der Waals surface area contributed by atoms with Crippen molar-refractivity contribution in [3.05, 3.63) is 0 Å². The molecule has 90 valence electrons. The number of hydrogen-bond donors (Lipinski definition) is 3. The number of aliphatic hydroxyl groups is 2. The molecule has 1 fully saturated rings. The fourth-order valence-electron chi connectivity index (χ4n) is 2.28. The van der Waals surface area contributed by atoms with Crippen LogP contribution < -0.4 is 5.32 Å². The zero-order chi connectivity index (χ0) is 11.1. The van der Waals surface area contributed by atoms with Gasteiger partial charge in [-0.25, -0.2) is 0 Å². The molecule has 0 aliphatic heterocycles. The van der Waals surface area contributed by atoms with Crippen LogP contribution >= 0.6 is 0 Å². The largest absolute Gasteiger partial charge is 0.393 e. The van der Waals surface area contributed by atoms with Gasteiger partial charge in [0.1, 0.15) is 0 Å². The minimum atomic E-state index is -0.318. The Morgan fingerprint density at radius 2 is 1.67 bits per heavy atom. The topological polar surface area (TPSA) is 52.5 Å². The number of unbranched alkanes of at least 4 members (excludes halogenated alkanes) is 3. The van der Waals surface area contributed by atoms with Crippen LogP contribution in [0.5, 0.6) is 0 Å². The molecule has 0 aromatic heterocycles. The average molecular weight is 215 g/mol. The Kier molecular flexibility index (Phi) is 6.22. The minimum Gasteiger partial charge on any atom is -0.393 e. The maximum atomic E-state index is 9.49. The molecule has 0 bridgehead atoms. The molecular formula is C12H25NO2. The van der Waals surface area contributed by atoms with E-state index >= 15 is 0 Å². The first-order valence-corrected chi connectivity index (χ1v) is 6.32. The molecule has 2 unspecified atom stereocenters. The SMILES string of the molecule is CCCCCCNC1CC(O)CC(O)C1. The van der Waals surface area contributed by atoms with E-state index in [9.17, 15) is 10.2 Å². The van der Waals surface area contributed by atoms with Gasteiger partial charge in [0.05, 0.1) is 12.2 Å². The highest BCUT2D eigenvalue weighted by Crippen LogP contribution is 2.19. The van der Waals surface area contributed by atoms with Crippen LogP contribution in [0.15, 0.2) is 0 Å². The fourth-order valence-corrected chi connectivity index (χ4v) is 2.28. The summed E-state index contributed by atoms with van der Waals surface area (Å²) < 4.78 is 0. The molecule has 1 aliphatic carbocycles. The van der Waals surface area contributed by atoms with Crippen LogP contribution in [0, 0.1) is 0 Å². The molecule has 3 heteroatoms. The maximum Gasteiger partial charge on any atom is 0.0579 e. The fraction of sp³-hybridized carbons (Fsp3) is 1.00. The molecule has 0 aromatic carbocycles. The highest BCUT2D eigenvalue weighted by atomic mass is 16.3. The van der Waals surface area contributed by atoms with Crippen LogP contribution in [0.2, 0.25) is 0 Å².